The molecule has 5 nitrogen and oxygen atoms in total. The molecule has 1 saturated heterocycles. The normalized spacial score (nSPS) is 27.1. The largest absolute Gasteiger partial charge is 0.480 e. The van der Waals surface area contributed by atoms with Crippen molar-refractivity contribution in [2.75, 3.05) is 25.1 Å². The summed E-state index contributed by atoms with van der Waals surface area (Å²) in [7, 11) is 0. The Bertz CT molecular complexity index is 339. The van der Waals surface area contributed by atoms with E-state index in [4.69, 9.17) is 5.11 Å². The number of amides is 2. The minimum Gasteiger partial charge on any atom is -0.480 e. The van der Waals surface area contributed by atoms with Gasteiger partial charge < -0.3 is 15.3 Å². The summed E-state index contributed by atoms with van der Waals surface area (Å²) in [6, 6.07) is -0.969. The lowest BCUT2D eigenvalue weighted by Gasteiger charge is -2.21. The van der Waals surface area contributed by atoms with Crippen molar-refractivity contribution in [2.45, 2.75) is 31.7 Å². The fourth-order valence-electron chi connectivity index (χ4n) is 3.13. The number of carboxylic acids is 1. The number of urea groups is 1. The number of hydrogen-bond acceptors (Lipinski definition) is 3. The van der Waals surface area contributed by atoms with E-state index in [1.54, 1.807) is 16.7 Å². The highest BCUT2D eigenvalue weighted by Gasteiger charge is 2.38. The second kappa shape index (κ2) is 6.50. The molecule has 2 N–H and O–H groups in total. The molecular weight excluding hydrogens is 264 g/mol. The van der Waals surface area contributed by atoms with Crippen LogP contribution in [0.3, 0.4) is 0 Å². The molecule has 2 amide bonds. The third kappa shape index (κ3) is 3.55. The average molecular weight is 286 g/mol. The van der Waals surface area contributed by atoms with Crippen LogP contribution in [-0.2, 0) is 4.79 Å². The smallest absolute Gasteiger partial charge is 0.326 e. The number of carboxylic acid groups (broad SMARTS) is 1. The SMILES string of the molecule is CSCC[C@@H](NC(=O)N1CC2CCCC2C1)C(=O)O. The van der Waals surface area contributed by atoms with Crippen molar-refractivity contribution in [3.8, 4) is 0 Å². The topological polar surface area (TPSA) is 69.6 Å². The van der Waals surface area contributed by atoms with Crippen molar-refractivity contribution in [3.63, 3.8) is 0 Å². The van der Waals surface area contributed by atoms with E-state index in [1.807, 2.05) is 6.26 Å². The average Bonchev–Trinajstić information content (AvgIpc) is 2.94. The van der Waals surface area contributed by atoms with Crippen LogP contribution in [0.15, 0.2) is 0 Å². The quantitative estimate of drug-likeness (QED) is 0.806. The zero-order valence-electron chi connectivity index (χ0n) is 11.3. The van der Waals surface area contributed by atoms with Gasteiger partial charge in [0.15, 0.2) is 0 Å². The molecule has 1 heterocycles. The Hall–Kier alpha value is -0.910. The molecular formula is C13H22N2O3S. The lowest BCUT2D eigenvalue weighted by Crippen LogP contribution is -2.47. The molecule has 0 aromatic carbocycles. The zero-order chi connectivity index (χ0) is 13.8. The molecule has 0 radical (unpaired) electrons. The van der Waals surface area contributed by atoms with Gasteiger partial charge in [0.2, 0.25) is 0 Å². The first kappa shape index (κ1) is 14.5. The third-order valence-electron chi connectivity index (χ3n) is 4.22. The van der Waals surface area contributed by atoms with Crippen LogP contribution in [0.4, 0.5) is 4.79 Å². The maximum atomic E-state index is 12.1. The molecule has 0 aromatic heterocycles. The van der Waals surface area contributed by atoms with Gasteiger partial charge in [-0.1, -0.05) is 6.42 Å². The van der Waals surface area contributed by atoms with Gasteiger partial charge in [-0.2, -0.15) is 11.8 Å². The zero-order valence-corrected chi connectivity index (χ0v) is 12.1. The van der Waals surface area contributed by atoms with Gasteiger partial charge in [0.05, 0.1) is 0 Å². The maximum absolute atomic E-state index is 12.1. The van der Waals surface area contributed by atoms with E-state index in [0.29, 0.717) is 18.3 Å². The fraction of sp³-hybridized carbons (Fsp3) is 0.846. The molecule has 1 saturated carbocycles. The molecule has 0 aromatic rings. The van der Waals surface area contributed by atoms with E-state index >= 15 is 0 Å². The van der Waals surface area contributed by atoms with Gasteiger partial charge in [-0.05, 0) is 43.1 Å². The number of rotatable bonds is 5. The Morgan fingerprint density at radius 1 is 1.37 bits per heavy atom. The first-order valence-corrected chi connectivity index (χ1v) is 8.28. The van der Waals surface area contributed by atoms with Gasteiger partial charge in [-0.15, -0.1) is 0 Å². The first-order valence-electron chi connectivity index (χ1n) is 6.89. The summed E-state index contributed by atoms with van der Waals surface area (Å²) < 4.78 is 0. The molecule has 3 atom stereocenters. The number of carbonyl (C=O) groups is 2. The number of likely N-dealkylation sites (tertiary alicyclic amines) is 1. The summed E-state index contributed by atoms with van der Waals surface area (Å²) in [6.07, 6.45) is 6.11. The Morgan fingerprint density at radius 2 is 2.00 bits per heavy atom. The second-order valence-electron chi connectivity index (χ2n) is 5.48. The molecule has 2 fully saturated rings. The number of fused-ring (bicyclic) bond motifs is 1. The van der Waals surface area contributed by atoms with Crippen molar-refractivity contribution >= 4 is 23.8 Å². The van der Waals surface area contributed by atoms with Crippen molar-refractivity contribution < 1.29 is 14.7 Å². The van der Waals surface area contributed by atoms with Gasteiger partial charge >= 0.3 is 12.0 Å². The summed E-state index contributed by atoms with van der Waals surface area (Å²) in [6.45, 7) is 1.59. The van der Waals surface area contributed by atoms with Crippen LogP contribution in [0.5, 0.6) is 0 Å². The number of hydrogen-bond donors (Lipinski definition) is 2. The monoisotopic (exact) mass is 286 g/mol. The fourth-order valence-corrected chi connectivity index (χ4v) is 3.61. The third-order valence-corrected chi connectivity index (χ3v) is 4.86. The Labute approximate surface area is 118 Å². The summed E-state index contributed by atoms with van der Waals surface area (Å²) in [4.78, 5) is 25.0. The Balaban J connectivity index is 1.84. The van der Waals surface area contributed by atoms with Gasteiger partial charge in [0.25, 0.3) is 0 Å². The van der Waals surface area contributed by atoms with Crippen LogP contribution in [0.25, 0.3) is 0 Å². The number of thioether (sulfide) groups is 1. The molecule has 0 bridgehead atoms. The molecule has 0 spiro atoms. The van der Waals surface area contributed by atoms with Crippen LogP contribution in [0.1, 0.15) is 25.7 Å². The molecule has 2 aliphatic rings. The highest BCUT2D eigenvalue weighted by molar-refractivity contribution is 7.98. The number of nitrogens with one attached hydrogen (secondary N) is 1. The van der Waals surface area contributed by atoms with E-state index < -0.39 is 12.0 Å². The molecule has 1 aliphatic carbocycles. The highest BCUT2D eigenvalue weighted by Crippen LogP contribution is 2.37. The lowest BCUT2D eigenvalue weighted by atomic mass is 10.0. The van der Waals surface area contributed by atoms with E-state index in [9.17, 15) is 9.59 Å². The van der Waals surface area contributed by atoms with E-state index in [-0.39, 0.29) is 6.03 Å². The van der Waals surface area contributed by atoms with Crippen LogP contribution >= 0.6 is 11.8 Å². The molecule has 1 aliphatic heterocycles. The number of carbonyl (C=O) groups excluding carboxylic acids is 1. The predicted molar refractivity (Wildman–Crippen MR) is 75.4 cm³/mol. The lowest BCUT2D eigenvalue weighted by molar-refractivity contribution is -0.139. The number of nitrogens with zero attached hydrogens (tertiary/aromatic N) is 1. The van der Waals surface area contributed by atoms with Crippen molar-refractivity contribution in [3.05, 3.63) is 0 Å². The molecule has 6 heteroatoms. The number of aliphatic carboxylic acids is 1. The summed E-state index contributed by atoms with van der Waals surface area (Å²) in [5, 5.41) is 11.8. The Kier molecular flexibility index (Phi) is 4.96. The summed E-state index contributed by atoms with van der Waals surface area (Å²) in [5.74, 6) is 1.07. The van der Waals surface area contributed by atoms with E-state index in [2.05, 4.69) is 5.32 Å². The summed E-state index contributed by atoms with van der Waals surface area (Å²) >= 11 is 1.59. The van der Waals surface area contributed by atoms with Gasteiger partial charge in [-0.25, -0.2) is 9.59 Å². The molecule has 2 rings (SSSR count). The van der Waals surface area contributed by atoms with Crippen LogP contribution < -0.4 is 5.32 Å². The van der Waals surface area contributed by atoms with E-state index in [0.717, 1.165) is 18.8 Å². The minimum atomic E-state index is -0.943. The predicted octanol–water partition coefficient (Wildman–Crippen LogP) is 1.63. The standard InChI is InChI=1S/C13H22N2O3S/c1-19-6-5-11(12(16)17)14-13(18)15-7-9-3-2-4-10(9)8-15/h9-11H,2-8H2,1H3,(H,14,18)(H,16,17)/t9?,10?,11-/m1/s1. The van der Waals surface area contributed by atoms with Gasteiger partial charge in [0, 0.05) is 13.1 Å². The summed E-state index contributed by atoms with van der Waals surface area (Å²) in [5.41, 5.74) is 0. The van der Waals surface area contributed by atoms with Crippen molar-refractivity contribution in [1.29, 1.82) is 0 Å². The van der Waals surface area contributed by atoms with Crippen LogP contribution in [0, 0.1) is 11.8 Å². The van der Waals surface area contributed by atoms with Crippen LogP contribution in [-0.4, -0.2) is 53.1 Å². The first-order chi connectivity index (χ1) is 9.11. The molecule has 2 unspecified atom stereocenters. The molecule has 108 valence electrons. The Morgan fingerprint density at radius 3 is 2.53 bits per heavy atom. The highest BCUT2D eigenvalue weighted by atomic mass is 32.2. The minimum absolute atomic E-state index is 0.206. The maximum Gasteiger partial charge on any atom is 0.326 e. The van der Waals surface area contributed by atoms with Crippen molar-refractivity contribution in [1.82, 2.24) is 10.2 Å². The van der Waals surface area contributed by atoms with Gasteiger partial charge in [-0.3, -0.25) is 0 Å². The van der Waals surface area contributed by atoms with Crippen molar-refractivity contribution in [2.24, 2.45) is 11.8 Å². The second-order valence-corrected chi connectivity index (χ2v) is 6.46. The van der Waals surface area contributed by atoms with Gasteiger partial charge in [0.1, 0.15) is 6.04 Å². The van der Waals surface area contributed by atoms with E-state index in [1.165, 1.54) is 19.3 Å². The van der Waals surface area contributed by atoms with Crippen LogP contribution in [0.2, 0.25) is 0 Å². The molecule has 19 heavy (non-hydrogen) atoms.